The standard InChI is InChI=1S/C46H31N3.C42H30N4.C39H26N6/c1-5-15-32(16-6-1)33-25-27-35(28-26-33)44-47-43(34-17-7-2-8-18-34)48-45(49-44)36-29-30-42-40(31-36)39-23-13-14-24-41(39)46(42,37-19-9-3-10-20-37)38-21-11-4-12-22-38;1-27-21-22-35(28(2)43-27)32-23-33(39-26-31-17-9-10-18-36(31)37-19-11-12-20-38(37)39)25-34(24-32)42-45-40(29-13-5-3-6-14-29)44-41(46-42)30-15-7-4-8-16-30;1-25-14-16-26(17-15-25)29-21-30(33-24-34-36(42-20-19-40-34)32-13-8-18-41-35(32)33)23-31(22-29)39-44-37(27-9-4-2-5-10-27)43-38(45-39)28-11-6-3-7-12-28/h1-31H;3-26H,1-2H3;2-24H,1H3. The number of pyridine rings is 2. The van der Waals surface area contributed by atoms with Gasteiger partial charge in [0, 0.05) is 96.6 Å². The average molecular weight is 1800 g/mol. The van der Waals surface area contributed by atoms with Crippen LogP contribution in [0, 0.1) is 20.8 Å². The van der Waals surface area contributed by atoms with Gasteiger partial charge in [0.25, 0.3) is 0 Å². The third-order valence-electron chi connectivity index (χ3n) is 26.1. The number of aryl methyl sites for hydroxylation is 3. The topological polar surface area (TPSA) is 168 Å². The van der Waals surface area contributed by atoms with Gasteiger partial charge in [-0.3, -0.25) is 19.9 Å². The Morgan fingerprint density at radius 2 is 0.536 bits per heavy atom. The molecule has 6 aromatic heterocycles. The van der Waals surface area contributed by atoms with Crippen molar-refractivity contribution < 1.29 is 0 Å². The van der Waals surface area contributed by atoms with Crippen LogP contribution < -0.4 is 0 Å². The number of aromatic nitrogens is 13. The molecule has 0 atom stereocenters. The maximum atomic E-state index is 5.11. The number of fused-ring (bicyclic) bond motifs is 9. The molecule has 0 fully saturated rings. The van der Waals surface area contributed by atoms with Crippen LogP contribution in [0.1, 0.15) is 39.2 Å². The monoisotopic (exact) mass is 1790 g/mol. The van der Waals surface area contributed by atoms with Gasteiger partial charge in [0.2, 0.25) is 0 Å². The van der Waals surface area contributed by atoms with Gasteiger partial charge in [0.15, 0.2) is 52.4 Å². The maximum Gasteiger partial charge on any atom is 0.164 e. The number of nitrogens with zero attached hydrogens (tertiary/aromatic N) is 13. The van der Waals surface area contributed by atoms with E-state index < -0.39 is 5.41 Å². The zero-order valence-corrected chi connectivity index (χ0v) is 76.8. The molecular formula is C127H87N13. The van der Waals surface area contributed by atoms with Crippen molar-refractivity contribution in [2.45, 2.75) is 26.2 Å². The highest BCUT2D eigenvalue weighted by Crippen LogP contribution is 2.57. The molecule has 0 N–H and O–H groups in total. The molecular weight excluding hydrogens is 1710 g/mol. The lowest BCUT2D eigenvalue weighted by molar-refractivity contribution is 0.768. The van der Waals surface area contributed by atoms with Crippen molar-refractivity contribution in [3.8, 4) is 169 Å². The summed E-state index contributed by atoms with van der Waals surface area (Å²) in [4.78, 5) is 64.2. The van der Waals surface area contributed by atoms with Crippen molar-refractivity contribution in [1.29, 1.82) is 0 Å². The summed E-state index contributed by atoms with van der Waals surface area (Å²) >= 11 is 0. The number of hydrogen-bond donors (Lipinski definition) is 0. The lowest BCUT2D eigenvalue weighted by Gasteiger charge is -2.33. The Balaban J connectivity index is 0.000000117. The van der Waals surface area contributed by atoms with Gasteiger partial charge in [-0.1, -0.05) is 388 Å². The SMILES string of the molecule is Cc1ccc(-c2cc(-c3nc(-c4ccccc4)nc(-c4ccccc4)n3)cc(-c3cc4ccccc4c4ccccc34)c2)c(C)n1.Cc1ccc(-c2cc(-c3nc(-c4ccccc4)nc(-c4ccccc4)n3)cc(-c3cc4nccnc4c4cccnc34)c2)cc1.c1ccc(-c2ccc(-c3nc(-c4ccccc4)nc(-c4ccc5c(c4)-c4ccccc4C5(c4ccccc4)c4ccccc4)n3)cc2)cc1. The molecule has 18 aromatic carbocycles. The summed E-state index contributed by atoms with van der Waals surface area (Å²) in [6, 6.07) is 158. The first-order chi connectivity index (χ1) is 69.1. The smallest absolute Gasteiger partial charge is 0.164 e. The number of benzene rings is 18. The molecule has 0 amide bonds. The van der Waals surface area contributed by atoms with Crippen LogP contribution >= 0.6 is 0 Å². The van der Waals surface area contributed by atoms with Gasteiger partial charge in [-0.2, -0.15) is 0 Å². The molecule has 0 spiro atoms. The Bertz CT molecular complexity index is 8570. The molecule has 0 radical (unpaired) electrons. The molecule has 6 heterocycles. The molecule has 1 aliphatic rings. The van der Waals surface area contributed by atoms with Gasteiger partial charge < -0.3 is 0 Å². The van der Waals surface area contributed by atoms with E-state index in [4.69, 9.17) is 54.8 Å². The highest BCUT2D eigenvalue weighted by atomic mass is 15.1. The summed E-state index contributed by atoms with van der Waals surface area (Å²) in [6.45, 7) is 6.20. The third-order valence-corrected chi connectivity index (χ3v) is 26.1. The largest absolute Gasteiger partial charge is 0.258 e. The Hall–Kier alpha value is -18.6. The second-order valence-electron chi connectivity index (χ2n) is 35.0. The van der Waals surface area contributed by atoms with Crippen molar-refractivity contribution in [3.05, 3.63) is 513 Å². The minimum Gasteiger partial charge on any atom is -0.258 e. The van der Waals surface area contributed by atoms with Crippen LogP contribution in [-0.4, -0.2) is 64.8 Å². The molecule has 0 saturated carbocycles. The minimum absolute atomic E-state index is 0.451. The second-order valence-corrected chi connectivity index (χ2v) is 35.0. The van der Waals surface area contributed by atoms with Crippen LogP contribution in [0.5, 0.6) is 0 Å². The molecule has 25 rings (SSSR count). The van der Waals surface area contributed by atoms with E-state index in [1.807, 2.05) is 165 Å². The highest BCUT2D eigenvalue weighted by molar-refractivity contribution is 6.14. The molecule has 0 aliphatic heterocycles. The summed E-state index contributed by atoms with van der Waals surface area (Å²) < 4.78 is 0. The number of rotatable bonds is 16. The lowest BCUT2D eigenvalue weighted by atomic mass is 9.67. The van der Waals surface area contributed by atoms with Crippen molar-refractivity contribution in [3.63, 3.8) is 0 Å². The first-order valence-electron chi connectivity index (χ1n) is 46.9. The molecule has 0 saturated heterocycles. The van der Waals surface area contributed by atoms with Crippen molar-refractivity contribution in [2.24, 2.45) is 0 Å². The van der Waals surface area contributed by atoms with E-state index in [0.717, 1.165) is 133 Å². The van der Waals surface area contributed by atoms with E-state index in [1.54, 1.807) is 12.4 Å². The predicted molar refractivity (Wildman–Crippen MR) is 568 cm³/mol. The van der Waals surface area contributed by atoms with E-state index >= 15 is 0 Å². The fraction of sp³-hybridized carbons (Fsp3) is 0.0315. The Labute approximate surface area is 811 Å². The first-order valence-corrected chi connectivity index (χ1v) is 46.9. The average Bonchev–Trinajstić information content (AvgIpc) is 1.54. The second kappa shape index (κ2) is 37.7. The first kappa shape index (κ1) is 85.6. The predicted octanol–water partition coefficient (Wildman–Crippen LogP) is 30.4. The highest BCUT2D eigenvalue weighted by Gasteiger charge is 2.46. The fourth-order valence-corrected chi connectivity index (χ4v) is 19.3. The van der Waals surface area contributed by atoms with Crippen LogP contribution in [0.4, 0.5) is 0 Å². The van der Waals surface area contributed by atoms with E-state index in [-0.39, 0.29) is 0 Å². The van der Waals surface area contributed by atoms with Crippen LogP contribution in [0.3, 0.4) is 0 Å². The van der Waals surface area contributed by atoms with E-state index in [0.29, 0.717) is 52.4 Å². The van der Waals surface area contributed by atoms with Crippen LogP contribution in [0.15, 0.2) is 474 Å². The van der Waals surface area contributed by atoms with E-state index in [2.05, 4.69) is 327 Å². The maximum absolute atomic E-state index is 5.11. The fourth-order valence-electron chi connectivity index (χ4n) is 19.3. The van der Waals surface area contributed by atoms with Crippen molar-refractivity contribution in [1.82, 2.24) is 64.8 Å². The molecule has 1 aliphatic carbocycles. The van der Waals surface area contributed by atoms with Gasteiger partial charge in [0.1, 0.15) is 0 Å². The lowest BCUT2D eigenvalue weighted by Crippen LogP contribution is -2.28. The zero-order chi connectivity index (χ0) is 93.8. The summed E-state index contributed by atoms with van der Waals surface area (Å²) in [5.74, 6) is 5.68. The molecule has 0 bridgehead atoms. The summed E-state index contributed by atoms with van der Waals surface area (Å²) in [5.41, 5.74) is 31.9. The Kier molecular flexibility index (Phi) is 23.0. The van der Waals surface area contributed by atoms with Gasteiger partial charge in [-0.15, -0.1) is 0 Å². The molecule has 13 heteroatoms. The molecule has 140 heavy (non-hydrogen) atoms. The van der Waals surface area contributed by atoms with Crippen LogP contribution in [0.25, 0.3) is 213 Å². The third kappa shape index (κ3) is 16.9. The number of hydrogen-bond acceptors (Lipinski definition) is 13. The van der Waals surface area contributed by atoms with E-state index in [1.165, 1.54) is 66.1 Å². The Morgan fingerprint density at radius 1 is 0.179 bits per heavy atom. The van der Waals surface area contributed by atoms with Crippen molar-refractivity contribution >= 4 is 43.5 Å². The van der Waals surface area contributed by atoms with Gasteiger partial charge in [-0.05, 0) is 193 Å². The molecule has 0 unspecified atom stereocenters. The van der Waals surface area contributed by atoms with Gasteiger partial charge >= 0.3 is 0 Å². The molecule has 24 aromatic rings. The van der Waals surface area contributed by atoms with Gasteiger partial charge in [0.05, 0.1) is 22.0 Å². The van der Waals surface area contributed by atoms with Crippen molar-refractivity contribution in [2.75, 3.05) is 0 Å². The minimum atomic E-state index is -0.451. The molecule has 660 valence electrons. The van der Waals surface area contributed by atoms with Gasteiger partial charge in [-0.25, -0.2) is 44.9 Å². The Morgan fingerprint density at radius 3 is 1.06 bits per heavy atom. The van der Waals surface area contributed by atoms with E-state index in [9.17, 15) is 0 Å². The van der Waals surface area contributed by atoms with Crippen LogP contribution in [-0.2, 0) is 5.41 Å². The summed E-state index contributed by atoms with van der Waals surface area (Å²) in [6.07, 6.45) is 5.27. The van der Waals surface area contributed by atoms with Crippen LogP contribution in [0.2, 0.25) is 0 Å². The normalized spacial score (nSPS) is 11.7. The quantitative estimate of drug-likeness (QED) is 0.0839. The zero-order valence-electron chi connectivity index (χ0n) is 76.8. The molecule has 13 nitrogen and oxygen atoms in total. The summed E-state index contributed by atoms with van der Waals surface area (Å²) in [5, 5.41) is 5.84. The summed E-state index contributed by atoms with van der Waals surface area (Å²) in [7, 11) is 0.